The van der Waals surface area contributed by atoms with E-state index >= 15 is 0 Å². The van der Waals surface area contributed by atoms with Crippen LogP contribution in [-0.4, -0.2) is 58.3 Å². The van der Waals surface area contributed by atoms with E-state index in [0.29, 0.717) is 0 Å². The Hall–Kier alpha value is -2.83. The van der Waals surface area contributed by atoms with Crippen LogP contribution in [0.3, 0.4) is 0 Å². The Morgan fingerprint density at radius 2 is 1.92 bits per heavy atom. The van der Waals surface area contributed by atoms with E-state index in [1.165, 1.54) is 31.3 Å². The van der Waals surface area contributed by atoms with Gasteiger partial charge in [-0.2, -0.15) is 10.1 Å². The highest BCUT2D eigenvalue weighted by Gasteiger charge is 2.35. The van der Waals surface area contributed by atoms with Gasteiger partial charge in [-0.05, 0) is 45.4 Å². The van der Waals surface area contributed by atoms with Gasteiger partial charge in [-0.25, -0.2) is 13.8 Å². The molecule has 0 saturated heterocycles. The molecule has 0 aliphatic rings. The Bertz CT molecular complexity index is 1100. The van der Waals surface area contributed by atoms with Crippen LogP contribution < -0.4 is 21.0 Å². The number of carbonyl (C=O) groups excluding carboxylic acids is 1. The number of aliphatic hydroxyl groups excluding tert-OH is 1. The van der Waals surface area contributed by atoms with Gasteiger partial charge >= 0.3 is 19.4 Å². The smallest absolute Gasteiger partial charge is 0.459 e. The molecule has 0 aliphatic heterocycles. The Balaban J connectivity index is 2.26. The topological polar surface area (TPSA) is 164 Å². The average Bonchev–Trinajstić information content (AvgIpc) is 2.84. The van der Waals surface area contributed by atoms with Crippen molar-refractivity contribution < 1.29 is 37.4 Å². The number of aliphatic hydroxyl groups is 1. The molecule has 206 valence electrons. The van der Waals surface area contributed by atoms with Gasteiger partial charge in [-0.1, -0.05) is 25.1 Å². The molecule has 0 spiro atoms. The third kappa shape index (κ3) is 9.52. The number of anilines is 1. The molecule has 0 radical (unpaired) electrons. The summed E-state index contributed by atoms with van der Waals surface area (Å²) in [5.41, 5.74) is 4.63. The lowest BCUT2D eigenvalue weighted by molar-refractivity contribution is -0.149. The number of halogens is 1. The molecule has 0 aliphatic carbocycles. The molecule has 5 atom stereocenters. The fourth-order valence-electron chi connectivity index (χ4n) is 3.03. The first-order valence-corrected chi connectivity index (χ1v) is 13.2. The number of carbonyl (C=O) groups is 1. The van der Waals surface area contributed by atoms with Crippen molar-refractivity contribution >= 4 is 19.5 Å². The Labute approximate surface area is 214 Å². The third-order valence-corrected chi connectivity index (χ3v) is 6.55. The molecule has 1 aromatic carbocycles. The minimum Gasteiger partial charge on any atom is -0.462 e. The Morgan fingerprint density at radius 1 is 1.24 bits per heavy atom. The van der Waals surface area contributed by atoms with E-state index < -0.39 is 63.3 Å². The van der Waals surface area contributed by atoms with Gasteiger partial charge in [0.25, 0.3) is 0 Å². The van der Waals surface area contributed by atoms with Crippen LogP contribution >= 0.6 is 7.75 Å². The van der Waals surface area contributed by atoms with E-state index in [2.05, 4.69) is 10.1 Å². The van der Waals surface area contributed by atoms with Crippen LogP contribution in [-0.2, 0) is 23.4 Å². The van der Waals surface area contributed by atoms with Crippen LogP contribution in [0.5, 0.6) is 5.75 Å². The van der Waals surface area contributed by atoms with Gasteiger partial charge in [0, 0.05) is 6.20 Å². The molecule has 1 unspecified atom stereocenters. The molecule has 0 saturated carbocycles. The number of benzene rings is 1. The van der Waals surface area contributed by atoms with Crippen LogP contribution in [0.1, 0.15) is 40.3 Å². The second-order valence-electron chi connectivity index (χ2n) is 8.34. The van der Waals surface area contributed by atoms with Gasteiger partial charge < -0.3 is 24.8 Å². The van der Waals surface area contributed by atoms with Crippen molar-refractivity contribution in [1.82, 2.24) is 14.6 Å². The van der Waals surface area contributed by atoms with Crippen molar-refractivity contribution in [2.75, 3.05) is 19.0 Å². The molecule has 1 heterocycles. The molecular formula is C23H34FN4O8P. The minimum absolute atomic E-state index is 0.0532. The number of aromatic nitrogens is 2. The minimum atomic E-state index is -4.27. The number of alkyl halides is 1. The molecule has 14 heteroatoms. The molecule has 0 fully saturated rings. The fourth-order valence-corrected chi connectivity index (χ4v) is 4.54. The summed E-state index contributed by atoms with van der Waals surface area (Å²) in [5.74, 6) is -0.565. The second kappa shape index (κ2) is 14.2. The summed E-state index contributed by atoms with van der Waals surface area (Å²) in [4.78, 5) is 28.0. The van der Waals surface area contributed by atoms with Crippen molar-refractivity contribution in [3.05, 3.63) is 53.1 Å². The van der Waals surface area contributed by atoms with Gasteiger partial charge in [0.1, 0.15) is 30.4 Å². The number of nitrogens with one attached hydrogen (secondary N) is 1. The summed E-state index contributed by atoms with van der Waals surface area (Å²) in [7, 11) is -4.27. The highest BCUT2D eigenvalue weighted by molar-refractivity contribution is 7.52. The highest BCUT2D eigenvalue weighted by Crippen LogP contribution is 2.45. The number of ether oxygens (including phenoxy) is 2. The van der Waals surface area contributed by atoms with Gasteiger partial charge in [0.05, 0.1) is 18.8 Å². The lowest BCUT2D eigenvalue weighted by Crippen LogP contribution is -2.40. The Morgan fingerprint density at radius 3 is 2.49 bits per heavy atom. The summed E-state index contributed by atoms with van der Waals surface area (Å²) in [6.45, 7) is 4.70. The van der Waals surface area contributed by atoms with E-state index in [1.807, 2.05) is 0 Å². The number of rotatable bonds is 15. The van der Waals surface area contributed by atoms with E-state index in [4.69, 9.17) is 24.3 Å². The van der Waals surface area contributed by atoms with Crippen LogP contribution in [0.15, 0.2) is 47.4 Å². The quantitative estimate of drug-likeness (QED) is 0.223. The van der Waals surface area contributed by atoms with Gasteiger partial charge in [-0.15, -0.1) is 0 Å². The van der Waals surface area contributed by atoms with E-state index in [0.717, 1.165) is 4.57 Å². The third-order valence-electron chi connectivity index (χ3n) is 4.91. The molecule has 2 aromatic rings. The maximum atomic E-state index is 13.9. The summed E-state index contributed by atoms with van der Waals surface area (Å²) >= 11 is 0. The predicted molar refractivity (Wildman–Crippen MR) is 134 cm³/mol. The van der Waals surface area contributed by atoms with Crippen molar-refractivity contribution in [3.63, 3.8) is 0 Å². The second-order valence-corrected chi connectivity index (χ2v) is 10.0. The number of nitrogen functional groups attached to an aromatic ring is 1. The molecule has 37 heavy (non-hydrogen) atoms. The lowest BCUT2D eigenvalue weighted by atomic mass is 10.1. The number of nitrogens with zero attached hydrogens (tertiary/aromatic N) is 2. The van der Waals surface area contributed by atoms with Gasteiger partial charge in [0.15, 0.2) is 6.23 Å². The first-order chi connectivity index (χ1) is 17.5. The van der Waals surface area contributed by atoms with E-state index in [1.54, 1.807) is 39.0 Å². The average molecular weight is 545 g/mol. The molecule has 2 rings (SSSR count). The predicted octanol–water partition coefficient (Wildman–Crippen LogP) is 2.58. The van der Waals surface area contributed by atoms with Crippen LogP contribution in [0.2, 0.25) is 0 Å². The molecule has 1 aromatic heterocycles. The van der Waals surface area contributed by atoms with Crippen LogP contribution in [0.25, 0.3) is 0 Å². The first kappa shape index (κ1) is 30.4. The summed E-state index contributed by atoms with van der Waals surface area (Å²) in [6.07, 6.45) is -2.96. The number of hydrogen-bond donors (Lipinski definition) is 3. The van der Waals surface area contributed by atoms with E-state index in [9.17, 15) is 23.7 Å². The SMILES string of the molecule is CC[C@H](O)[C@@H](COP(=O)(N[C@@H](C)C(=O)OC(C)C)Oc1ccccc1)O[C@H](CF)n1ccc(N)nc1=O. The standard InChI is InChI=1S/C23H34FN4O8P/c1-5-18(29)19(35-21(13-24)28-12-11-20(25)26-23(28)31)14-33-37(32,36-17-9-7-6-8-10-17)27-16(4)22(30)34-15(2)3/h6-12,15-16,18-19,21,29H,5,13-14H2,1-4H3,(H,27,32)(H2,25,26,31)/t16-,18-,19+,21+,37?/m0/s1. The largest absolute Gasteiger partial charge is 0.462 e. The monoisotopic (exact) mass is 544 g/mol. The fraction of sp³-hybridized carbons (Fsp3) is 0.522. The molecule has 12 nitrogen and oxygen atoms in total. The number of esters is 1. The number of nitrogens with two attached hydrogens (primary N) is 1. The number of para-hydroxylation sites is 1. The Kier molecular flexibility index (Phi) is 11.7. The molecule has 0 amide bonds. The number of hydrogen-bond acceptors (Lipinski definition) is 10. The lowest BCUT2D eigenvalue weighted by Gasteiger charge is -2.29. The molecule has 4 N–H and O–H groups in total. The summed E-state index contributed by atoms with van der Waals surface area (Å²) in [5, 5.41) is 13.0. The van der Waals surface area contributed by atoms with E-state index in [-0.39, 0.29) is 18.0 Å². The maximum Gasteiger partial charge on any atom is 0.459 e. The zero-order valence-corrected chi connectivity index (χ0v) is 22.0. The maximum absolute atomic E-state index is 13.9. The van der Waals surface area contributed by atoms with Crippen molar-refractivity contribution in [3.8, 4) is 5.75 Å². The van der Waals surface area contributed by atoms with Crippen molar-refractivity contribution in [2.24, 2.45) is 0 Å². The van der Waals surface area contributed by atoms with Crippen LogP contribution in [0, 0.1) is 0 Å². The first-order valence-electron chi connectivity index (χ1n) is 11.7. The molecular weight excluding hydrogens is 510 g/mol. The summed E-state index contributed by atoms with van der Waals surface area (Å²) in [6, 6.07) is 8.28. The summed E-state index contributed by atoms with van der Waals surface area (Å²) < 4.78 is 50.3. The zero-order chi connectivity index (χ0) is 27.6. The van der Waals surface area contributed by atoms with Gasteiger partial charge in [-0.3, -0.25) is 13.9 Å². The van der Waals surface area contributed by atoms with Crippen molar-refractivity contribution in [1.29, 1.82) is 0 Å². The van der Waals surface area contributed by atoms with Crippen LogP contribution in [0.4, 0.5) is 10.2 Å². The zero-order valence-electron chi connectivity index (χ0n) is 21.2. The normalized spacial score (nSPS) is 16.4. The van der Waals surface area contributed by atoms with Gasteiger partial charge in [0.2, 0.25) is 0 Å². The molecule has 0 bridgehead atoms. The van der Waals surface area contributed by atoms with Crippen molar-refractivity contribution in [2.45, 2.75) is 64.7 Å². The highest BCUT2D eigenvalue weighted by atomic mass is 31.2.